The molecule has 0 aromatic heterocycles. The predicted octanol–water partition coefficient (Wildman–Crippen LogP) is 5.04. The monoisotopic (exact) mass is 505 g/mol. The van der Waals surface area contributed by atoms with Gasteiger partial charge in [0.25, 0.3) is 5.60 Å². The van der Waals surface area contributed by atoms with Crippen LogP contribution in [-0.2, 0) is 16.8 Å². The summed E-state index contributed by atoms with van der Waals surface area (Å²) in [6.07, 6.45) is -11.4. The summed E-state index contributed by atoms with van der Waals surface area (Å²) in [4.78, 5) is 13.0. The maximum Gasteiger partial charge on any atom is 0.430 e. The second-order valence-corrected chi connectivity index (χ2v) is 8.53. The molecule has 1 heterocycles. The molecule has 0 saturated heterocycles. The number of methoxy groups -OCH3 is 1. The van der Waals surface area contributed by atoms with Gasteiger partial charge in [0.15, 0.2) is 0 Å². The number of ether oxygens (including phenoxy) is 2. The number of anilines is 1. The summed E-state index contributed by atoms with van der Waals surface area (Å²) in [6.45, 7) is 2.07. The van der Waals surface area contributed by atoms with Crippen LogP contribution in [0.15, 0.2) is 42.5 Å². The molecule has 0 fully saturated rings. The fraction of sp³-hybridized carbons (Fsp3) is 0.458. The molecule has 2 aromatic carbocycles. The zero-order valence-corrected chi connectivity index (χ0v) is 19.0. The third-order valence-electron chi connectivity index (χ3n) is 5.90. The summed E-state index contributed by atoms with van der Waals surface area (Å²) in [5, 5.41) is 9.83. The Kier molecular flexibility index (Phi) is 7.59. The van der Waals surface area contributed by atoms with E-state index in [0.717, 1.165) is 12.1 Å². The highest BCUT2D eigenvalue weighted by atomic mass is 19.4. The van der Waals surface area contributed by atoms with E-state index in [9.17, 15) is 36.2 Å². The van der Waals surface area contributed by atoms with Crippen LogP contribution in [0.2, 0.25) is 0 Å². The number of alkyl halides is 6. The minimum Gasteiger partial charge on any atom is -0.497 e. The highest BCUT2D eigenvalue weighted by Gasteiger charge is 2.71. The third-order valence-corrected chi connectivity index (χ3v) is 5.90. The van der Waals surface area contributed by atoms with Crippen molar-refractivity contribution in [2.75, 3.05) is 25.1 Å². The first kappa shape index (κ1) is 26.7. The highest BCUT2D eigenvalue weighted by Crippen LogP contribution is 2.50. The predicted molar refractivity (Wildman–Crippen MR) is 116 cm³/mol. The molecule has 0 aliphatic carbocycles. The molecule has 35 heavy (non-hydrogen) atoms. The second-order valence-electron chi connectivity index (χ2n) is 8.53. The van der Waals surface area contributed by atoms with Crippen molar-refractivity contribution in [1.29, 1.82) is 0 Å². The lowest BCUT2D eigenvalue weighted by molar-refractivity contribution is -0.376. The van der Waals surface area contributed by atoms with Crippen molar-refractivity contribution in [2.24, 2.45) is 5.92 Å². The lowest BCUT2D eigenvalue weighted by Gasteiger charge is -2.34. The summed E-state index contributed by atoms with van der Waals surface area (Å²) < 4.78 is 91.7. The van der Waals surface area contributed by atoms with E-state index < -0.39 is 35.5 Å². The SMILES string of the molecule is COc1cccc(OC2CCc3cc(C(O)(C(F)(F)F)C(F)(F)F)ccc3N(CC(C)C=O)C2)c1. The van der Waals surface area contributed by atoms with Crippen LogP contribution in [0.4, 0.5) is 32.0 Å². The van der Waals surface area contributed by atoms with Gasteiger partial charge in [0, 0.05) is 29.8 Å². The lowest BCUT2D eigenvalue weighted by atomic mass is 9.89. The van der Waals surface area contributed by atoms with Gasteiger partial charge in [-0.3, -0.25) is 0 Å². The van der Waals surface area contributed by atoms with Crippen molar-refractivity contribution in [3.05, 3.63) is 53.6 Å². The average molecular weight is 505 g/mol. The molecular formula is C24H25F6NO4. The molecule has 11 heteroatoms. The smallest absolute Gasteiger partial charge is 0.430 e. The maximum absolute atomic E-state index is 13.4. The summed E-state index contributed by atoms with van der Waals surface area (Å²) in [7, 11) is 1.49. The molecule has 1 aliphatic rings. The molecule has 0 saturated carbocycles. The molecule has 0 radical (unpaired) electrons. The number of nitrogens with zero attached hydrogens (tertiary/aromatic N) is 1. The van der Waals surface area contributed by atoms with E-state index in [4.69, 9.17) is 9.47 Å². The Bertz CT molecular complexity index is 1030. The number of benzene rings is 2. The molecule has 0 amide bonds. The number of aliphatic hydroxyl groups is 1. The number of aryl methyl sites for hydroxylation is 1. The normalized spacial score (nSPS) is 17.9. The summed E-state index contributed by atoms with van der Waals surface area (Å²) >= 11 is 0. The minimum absolute atomic E-state index is 0.0928. The number of carbonyl (C=O) groups is 1. The quantitative estimate of drug-likeness (QED) is 0.422. The molecule has 2 unspecified atom stereocenters. The van der Waals surface area contributed by atoms with E-state index in [1.165, 1.54) is 7.11 Å². The Morgan fingerprint density at radius 1 is 1.09 bits per heavy atom. The van der Waals surface area contributed by atoms with E-state index in [0.29, 0.717) is 29.5 Å². The van der Waals surface area contributed by atoms with Crippen molar-refractivity contribution in [2.45, 2.75) is 43.8 Å². The number of aldehydes is 1. The van der Waals surface area contributed by atoms with Crippen LogP contribution >= 0.6 is 0 Å². The molecule has 5 nitrogen and oxygen atoms in total. The van der Waals surface area contributed by atoms with Crippen LogP contribution in [0.1, 0.15) is 24.5 Å². The zero-order valence-electron chi connectivity index (χ0n) is 19.0. The van der Waals surface area contributed by atoms with Crippen LogP contribution in [-0.4, -0.2) is 50.0 Å². The Labute approximate surface area is 198 Å². The van der Waals surface area contributed by atoms with Crippen molar-refractivity contribution < 1.29 is 45.7 Å². The minimum atomic E-state index is -5.98. The Hall–Kier alpha value is -2.95. The summed E-state index contributed by atoms with van der Waals surface area (Å²) in [6, 6.07) is 9.28. The standard InChI is InChI=1S/C24H25F6NO4/c1-15(14-32)12-31-13-20(35-19-5-3-4-18(11-19)34-2)8-6-16-10-17(7-9-21(16)31)22(33,23(25,26)27)24(28,29)30/h3-5,7,9-11,14-15,20,33H,6,8,12-13H2,1-2H3. The molecule has 1 aliphatic heterocycles. The van der Waals surface area contributed by atoms with Crippen molar-refractivity contribution in [1.82, 2.24) is 0 Å². The fourth-order valence-electron chi connectivity index (χ4n) is 4.09. The van der Waals surface area contributed by atoms with E-state index in [1.807, 2.05) is 0 Å². The second kappa shape index (κ2) is 9.96. The Morgan fingerprint density at radius 3 is 2.34 bits per heavy atom. The third kappa shape index (κ3) is 5.50. The van der Waals surface area contributed by atoms with Crippen molar-refractivity contribution in [3.63, 3.8) is 0 Å². The van der Waals surface area contributed by atoms with Crippen LogP contribution < -0.4 is 14.4 Å². The average Bonchev–Trinajstić information content (AvgIpc) is 2.95. The number of hydrogen-bond donors (Lipinski definition) is 1. The molecule has 0 spiro atoms. The first-order chi connectivity index (χ1) is 16.3. The summed E-state index contributed by atoms with van der Waals surface area (Å²) in [5.74, 6) is 0.572. The van der Waals surface area contributed by atoms with Crippen molar-refractivity contribution >= 4 is 12.0 Å². The number of rotatable bonds is 7. The van der Waals surface area contributed by atoms with Gasteiger partial charge in [-0.2, -0.15) is 26.3 Å². The van der Waals surface area contributed by atoms with E-state index in [1.54, 1.807) is 36.1 Å². The largest absolute Gasteiger partial charge is 0.497 e. The van der Waals surface area contributed by atoms with Gasteiger partial charge in [-0.1, -0.05) is 25.1 Å². The number of hydrogen-bond acceptors (Lipinski definition) is 5. The maximum atomic E-state index is 13.4. The molecule has 1 N–H and O–H groups in total. The van der Waals surface area contributed by atoms with Gasteiger partial charge >= 0.3 is 12.4 Å². The highest BCUT2D eigenvalue weighted by molar-refractivity contribution is 5.60. The van der Waals surface area contributed by atoms with Gasteiger partial charge in [-0.15, -0.1) is 0 Å². The van der Waals surface area contributed by atoms with Crippen LogP contribution in [0, 0.1) is 5.92 Å². The molecule has 0 bridgehead atoms. The van der Waals surface area contributed by atoms with Gasteiger partial charge < -0.3 is 24.3 Å². The Morgan fingerprint density at radius 2 is 1.74 bits per heavy atom. The Balaban J connectivity index is 1.99. The van der Waals surface area contributed by atoms with Gasteiger partial charge in [0.05, 0.1) is 13.7 Å². The van der Waals surface area contributed by atoms with Gasteiger partial charge in [-0.25, -0.2) is 0 Å². The molecule has 2 atom stereocenters. The van der Waals surface area contributed by atoms with Gasteiger partial charge in [0.1, 0.15) is 23.9 Å². The zero-order chi connectivity index (χ0) is 26.0. The van der Waals surface area contributed by atoms with E-state index in [2.05, 4.69) is 0 Å². The number of fused-ring (bicyclic) bond motifs is 1. The van der Waals surface area contributed by atoms with Crippen LogP contribution in [0.3, 0.4) is 0 Å². The van der Waals surface area contributed by atoms with Crippen LogP contribution in [0.25, 0.3) is 0 Å². The molecule has 192 valence electrons. The molecule has 2 aromatic rings. The topological polar surface area (TPSA) is 59.0 Å². The van der Waals surface area contributed by atoms with Crippen LogP contribution in [0.5, 0.6) is 11.5 Å². The first-order valence-corrected chi connectivity index (χ1v) is 10.8. The fourth-order valence-corrected chi connectivity index (χ4v) is 4.09. The van der Waals surface area contributed by atoms with Gasteiger partial charge in [-0.05, 0) is 36.6 Å². The van der Waals surface area contributed by atoms with Gasteiger partial charge in [0.2, 0.25) is 0 Å². The molecule has 3 rings (SSSR count). The number of carbonyl (C=O) groups excluding carboxylic acids is 1. The van der Waals surface area contributed by atoms with E-state index >= 15 is 0 Å². The first-order valence-electron chi connectivity index (χ1n) is 10.8. The lowest BCUT2D eigenvalue weighted by Crippen LogP contribution is -2.54. The van der Waals surface area contributed by atoms with E-state index in [-0.39, 0.29) is 31.5 Å². The summed E-state index contributed by atoms with van der Waals surface area (Å²) in [5.41, 5.74) is -5.76. The number of halogens is 6. The van der Waals surface area contributed by atoms with Crippen molar-refractivity contribution in [3.8, 4) is 11.5 Å². The molecular weight excluding hydrogens is 480 g/mol.